The number of anilines is 1. The summed E-state index contributed by atoms with van der Waals surface area (Å²) in [6.07, 6.45) is 6.35. The molecule has 4 heterocycles. The molecule has 8 nitrogen and oxygen atoms in total. The summed E-state index contributed by atoms with van der Waals surface area (Å²) in [4.78, 5) is 21.7. The third-order valence-electron chi connectivity index (χ3n) is 6.48. The first kappa shape index (κ1) is 22.4. The highest BCUT2D eigenvalue weighted by molar-refractivity contribution is 6.33. The minimum Gasteiger partial charge on any atom is -0.326 e. The number of carbonyl (C=O) groups excluding carboxylic acids is 1. The van der Waals surface area contributed by atoms with Crippen LogP contribution in [-0.4, -0.2) is 35.2 Å². The Kier molecular flexibility index (Phi) is 5.69. The smallest absolute Gasteiger partial charge is 0.230 e. The Labute approximate surface area is 210 Å². The summed E-state index contributed by atoms with van der Waals surface area (Å²) in [5.74, 6) is 0.771. The molecule has 2 aromatic carbocycles. The van der Waals surface area contributed by atoms with Crippen molar-refractivity contribution in [3.63, 3.8) is 0 Å². The number of carbonyl (C=O) groups is 1. The molecule has 10 heteroatoms. The van der Waals surface area contributed by atoms with E-state index in [0.717, 1.165) is 33.5 Å². The first-order valence-corrected chi connectivity index (χ1v) is 11.9. The van der Waals surface area contributed by atoms with Crippen molar-refractivity contribution in [3.8, 4) is 11.1 Å². The number of nitrogens with zero attached hydrogens (tertiary/aromatic N) is 6. The molecule has 180 valence electrons. The molecule has 0 bridgehead atoms. The fourth-order valence-electron chi connectivity index (χ4n) is 4.61. The number of amides is 1. The van der Waals surface area contributed by atoms with Crippen molar-refractivity contribution < 1.29 is 9.18 Å². The van der Waals surface area contributed by atoms with Crippen molar-refractivity contribution in [3.05, 3.63) is 89.6 Å². The van der Waals surface area contributed by atoms with Gasteiger partial charge in [0.1, 0.15) is 23.8 Å². The molecule has 0 fully saturated rings. The zero-order valence-electron chi connectivity index (χ0n) is 19.1. The number of hydrogen-bond acceptors (Lipinski definition) is 5. The number of rotatable bonds is 5. The van der Waals surface area contributed by atoms with Crippen LogP contribution in [0.1, 0.15) is 17.8 Å². The maximum absolute atomic E-state index is 13.7. The van der Waals surface area contributed by atoms with Gasteiger partial charge in [-0.2, -0.15) is 0 Å². The molecule has 1 unspecified atom stereocenters. The zero-order chi connectivity index (χ0) is 24.6. The van der Waals surface area contributed by atoms with Crippen LogP contribution in [0, 0.1) is 11.7 Å². The van der Waals surface area contributed by atoms with Gasteiger partial charge in [0.25, 0.3) is 0 Å². The van der Waals surface area contributed by atoms with Crippen molar-refractivity contribution in [1.82, 2.24) is 29.3 Å². The molecule has 1 aliphatic heterocycles. The average Bonchev–Trinajstić information content (AvgIpc) is 3.51. The van der Waals surface area contributed by atoms with E-state index in [9.17, 15) is 9.18 Å². The molecule has 5 aromatic rings. The van der Waals surface area contributed by atoms with E-state index in [1.807, 2.05) is 33.4 Å². The summed E-state index contributed by atoms with van der Waals surface area (Å²) in [5.41, 5.74) is 4.15. The molecular weight excluding hydrogens is 481 g/mol. The Bertz CT molecular complexity index is 1590. The van der Waals surface area contributed by atoms with Crippen molar-refractivity contribution in [1.29, 1.82) is 0 Å². The second kappa shape index (κ2) is 9.16. The Balaban J connectivity index is 1.26. The Morgan fingerprint density at radius 1 is 1.14 bits per heavy atom. The monoisotopic (exact) mass is 501 g/mol. The molecule has 1 atom stereocenters. The number of aromatic nitrogens is 6. The van der Waals surface area contributed by atoms with Crippen LogP contribution >= 0.6 is 11.6 Å². The highest BCUT2D eigenvalue weighted by atomic mass is 35.5. The molecule has 0 aliphatic carbocycles. The molecule has 36 heavy (non-hydrogen) atoms. The summed E-state index contributed by atoms with van der Waals surface area (Å²) >= 11 is 6.52. The maximum Gasteiger partial charge on any atom is 0.230 e. The van der Waals surface area contributed by atoms with Gasteiger partial charge in [0.15, 0.2) is 0 Å². The Morgan fingerprint density at radius 2 is 2.06 bits per heavy atom. The lowest BCUT2D eigenvalue weighted by molar-refractivity contribution is -0.120. The number of imidazole rings is 1. The van der Waals surface area contributed by atoms with E-state index >= 15 is 0 Å². The second-order valence-corrected chi connectivity index (χ2v) is 9.29. The lowest BCUT2D eigenvalue weighted by Crippen LogP contribution is -2.31. The number of nitrogens with one attached hydrogen (secondary N) is 1. The molecule has 0 spiro atoms. The highest BCUT2D eigenvalue weighted by Crippen LogP contribution is 2.32. The number of benzene rings is 2. The first-order valence-electron chi connectivity index (χ1n) is 11.6. The van der Waals surface area contributed by atoms with Crippen LogP contribution in [0.5, 0.6) is 0 Å². The molecule has 0 saturated heterocycles. The van der Waals surface area contributed by atoms with E-state index in [-0.39, 0.29) is 17.6 Å². The lowest BCUT2D eigenvalue weighted by atomic mass is 9.98. The molecule has 3 aromatic heterocycles. The van der Waals surface area contributed by atoms with E-state index in [4.69, 9.17) is 11.6 Å². The van der Waals surface area contributed by atoms with Gasteiger partial charge in [0.05, 0.1) is 28.3 Å². The minimum absolute atomic E-state index is 0.0984. The van der Waals surface area contributed by atoms with Crippen LogP contribution in [-0.2, 0) is 24.3 Å². The van der Waals surface area contributed by atoms with Gasteiger partial charge in [-0.25, -0.2) is 14.4 Å². The van der Waals surface area contributed by atoms with Gasteiger partial charge < -0.3 is 14.5 Å². The van der Waals surface area contributed by atoms with Crippen LogP contribution < -0.4 is 5.32 Å². The van der Waals surface area contributed by atoms with Crippen molar-refractivity contribution in [2.75, 3.05) is 5.32 Å². The van der Waals surface area contributed by atoms with E-state index in [0.29, 0.717) is 36.8 Å². The van der Waals surface area contributed by atoms with Gasteiger partial charge in [0, 0.05) is 31.3 Å². The topological polar surface area (TPSA) is 90.5 Å². The Morgan fingerprint density at radius 3 is 2.94 bits per heavy atom. The van der Waals surface area contributed by atoms with Crippen LogP contribution in [0.4, 0.5) is 10.2 Å². The fourth-order valence-corrected chi connectivity index (χ4v) is 4.82. The molecular formula is C26H21ClFN7O. The molecule has 1 amide bonds. The van der Waals surface area contributed by atoms with E-state index in [2.05, 4.69) is 25.5 Å². The lowest BCUT2D eigenvalue weighted by Gasteiger charge is -2.22. The van der Waals surface area contributed by atoms with Crippen molar-refractivity contribution >= 4 is 34.4 Å². The van der Waals surface area contributed by atoms with E-state index < -0.39 is 0 Å². The van der Waals surface area contributed by atoms with E-state index in [1.54, 1.807) is 31.0 Å². The third kappa shape index (κ3) is 4.33. The van der Waals surface area contributed by atoms with Crippen molar-refractivity contribution in [2.24, 2.45) is 5.92 Å². The average molecular weight is 502 g/mol. The molecule has 0 radical (unpaired) electrons. The predicted octanol–water partition coefficient (Wildman–Crippen LogP) is 4.73. The van der Waals surface area contributed by atoms with Gasteiger partial charge in [-0.15, -0.1) is 10.2 Å². The third-order valence-corrected chi connectivity index (χ3v) is 6.78. The number of pyridine rings is 1. The zero-order valence-corrected chi connectivity index (χ0v) is 19.9. The van der Waals surface area contributed by atoms with Crippen LogP contribution in [0.2, 0.25) is 5.02 Å². The van der Waals surface area contributed by atoms with Crippen LogP contribution in [0.25, 0.3) is 22.2 Å². The highest BCUT2D eigenvalue weighted by Gasteiger charge is 2.26. The van der Waals surface area contributed by atoms with Crippen molar-refractivity contribution in [2.45, 2.75) is 25.9 Å². The number of aryl methyl sites for hydroxylation is 1. The van der Waals surface area contributed by atoms with Crippen LogP contribution in [0.3, 0.4) is 0 Å². The molecule has 1 aliphatic rings. The quantitative estimate of drug-likeness (QED) is 0.376. The first-order chi connectivity index (χ1) is 17.5. The SMILES string of the molecule is O=C(Nc1cc(-c2ccc3ncn(Cc4cccc(F)c4)c3c2)c(Cl)cn1)C1CCc2nncn2C1. The number of fused-ring (bicyclic) bond motifs is 2. The minimum atomic E-state index is -0.272. The molecule has 1 N–H and O–H groups in total. The predicted molar refractivity (Wildman–Crippen MR) is 134 cm³/mol. The number of halogens is 2. The molecule has 6 rings (SSSR count). The fraction of sp³-hybridized carbons (Fsp3) is 0.192. The van der Waals surface area contributed by atoms with Crippen LogP contribution in [0.15, 0.2) is 67.4 Å². The largest absolute Gasteiger partial charge is 0.326 e. The summed E-state index contributed by atoms with van der Waals surface area (Å²) < 4.78 is 17.5. The van der Waals surface area contributed by atoms with E-state index in [1.165, 1.54) is 12.1 Å². The Hall–Kier alpha value is -4.11. The summed E-state index contributed by atoms with van der Waals surface area (Å²) in [5, 5.41) is 11.4. The summed E-state index contributed by atoms with van der Waals surface area (Å²) in [7, 11) is 0. The molecule has 0 saturated carbocycles. The van der Waals surface area contributed by atoms with Gasteiger partial charge in [-0.05, 0) is 47.9 Å². The van der Waals surface area contributed by atoms with Gasteiger partial charge in [-0.3, -0.25) is 4.79 Å². The summed E-state index contributed by atoms with van der Waals surface area (Å²) in [6, 6.07) is 14.1. The number of hydrogen-bond donors (Lipinski definition) is 1. The van der Waals surface area contributed by atoms with Gasteiger partial charge >= 0.3 is 0 Å². The standard InChI is InChI=1S/C26H21ClFN7O/c27-21-11-29-24(32-26(36)18-5-7-25-33-31-15-35(25)13-18)10-20(21)17-4-6-22-23(9-17)34(14-30-22)12-16-2-1-3-19(28)8-16/h1-4,6,8-11,14-15,18H,5,7,12-13H2,(H,29,32,36). The summed E-state index contributed by atoms with van der Waals surface area (Å²) in [6.45, 7) is 1.03. The second-order valence-electron chi connectivity index (χ2n) is 8.88. The maximum atomic E-state index is 13.7. The van der Waals surface area contributed by atoms with Gasteiger partial charge in [0.2, 0.25) is 5.91 Å². The van der Waals surface area contributed by atoms with Gasteiger partial charge in [-0.1, -0.05) is 29.8 Å². The normalized spacial score (nSPS) is 15.1.